The number of anilines is 1. The number of hydrogen-bond acceptors (Lipinski definition) is 4. The molecule has 0 bridgehead atoms. The Morgan fingerprint density at radius 2 is 2.27 bits per heavy atom. The fourth-order valence-electron chi connectivity index (χ4n) is 1.10. The molecule has 0 heterocycles. The molecule has 0 amide bonds. The van der Waals surface area contributed by atoms with Crippen molar-refractivity contribution in [1.29, 1.82) is 0 Å². The molecule has 0 saturated carbocycles. The maximum absolute atomic E-state index is 12.9. The molecule has 0 fully saturated rings. The molecule has 0 aliphatic carbocycles. The highest BCUT2D eigenvalue weighted by Crippen LogP contribution is 2.21. The van der Waals surface area contributed by atoms with Crippen LogP contribution in [0.2, 0.25) is 0 Å². The van der Waals surface area contributed by atoms with Gasteiger partial charge in [0, 0.05) is 18.3 Å². The number of nitro groups is 1. The molecular formula is C9H12FN3O2. The Bertz CT molecular complexity index is 357. The van der Waals surface area contributed by atoms with Crippen molar-refractivity contribution in [3.63, 3.8) is 0 Å². The van der Waals surface area contributed by atoms with Gasteiger partial charge in [-0.3, -0.25) is 10.1 Å². The zero-order chi connectivity index (χ0) is 11.3. The lowest BCUT2D eigenvalue weighted by Gasteiger charge is -2.04. The highest BCUT2D eigenvalue weighted by atomic mass is 19.1. The fraction of sp³-hybridized carbons (Fsp3) is 0.333. The van der Waals surface area contributed by atoms with Gasteiger partial charge in [0.15, 0.2) is 0 Å². The SMILES string of the molecule is NCCCNc1ccc(F)c([N+](=O)[O-])c1. The van der Waals surface area contributed by atoms with Crippen LogP contribution in [0.4, 0.5) is 15.8 Å². The average molecular weight is 213 g/mol. The number of nitrogens with two attached hydrogens (primary N) is 1. The summed E-state index contributed by atoms with van der Waals surface area (Å²) in [5, 5.41) is 13.3. The largest absolute Gasteiger partial charge is 0.385 e. The van der Waals surface area contributed by atoms with Crippen molar-refractivity contribution in [2.75, 3.05) is 18.4 Å². The third-order valence-electron chi connectivity index (χ3n) is 1.85. The summed E-state index contributed by atoms with van der Waals surface area (Å²) in [4.78, 5) is 9.68. The summed E-state index contributed by atoms with van der Waals surface area (Å²) in [6.45, 7) is 1.15. The van der Waals surface area contributed by atoms with Gasteiger partial charge in [0.2, 0.25) is 5.82 Å². The van der Waals surface area contributed by atoms with Crippen LogP contribution in [0.15, 0.2) is 18.2 Å². The quantitative estimate of drug-likeness (QED) is 0.441. The summed E-state index contributed by atoms with van der Waals surface area (Å²) in [6.07, 6.45) is 0.755. The fourth-order valence-corrected chi connectivity index (χ4v) is 1.10. The predicted molar refractivity (Wildman–Crippen MR) is 55.2 cm³/mol. The first kappa shape index (κ1) is 11.4. The molecule has 1 aromatic rings. The maximum Gasteiger partial charge on any atom is 0.306 e. The van der Waals surface area contributed by atoms with E-state index in [1.165, 1.54) is 12.1 Å². The van der Waals surface area contributed by atoms with Gasteiger partial charge in [-0.05, 0) is 25.1 Å². The Hall–Kier alpha value is -1.69. The van der Waals surface area contributed by atoms with Gasteiger partial charge in [-0.25, -0.2) is 0 Å². The van der Waals surface area contributed by atoms with E-state index in [0.29, 0.717) is 18.8 Å². The van der Waals surface area contributed by atoms with Gasteiger partial charge in [0.1, 0.15) is 0 Å². The molecule has 1 rings (SSSR count). The van der Waals surface area contributed by atoms with E-state index < -0.39 is 16.4 Å². The van der Waals surface area contributed by atoms with Crippen LogP contribution < -0.4 is 11.1 Å². The number of halogens is 1. The van der Waals surface area contributed by atoms with Crippen LogP contribution in [0.5, 0.6) is 0 Å². The average Bonchev–Trinajstić information content (AvgIpc) is 2.20. The topological polar surface area (TPSA) is 81.2 Å². The van der Waals surface area contributed by atoms with Crippen LogP contribution in [0.1, 0.15) is 6.42 Å². The van der Waals surface area contributed by atoms with Gasteiger partial charge in [0.25, 0.3) is 0 Å². The number of benzene rings is 1. The molecule has 82 valence electrons. The molecular weight excluding hydrogens is 201 g/mol. The Morgan fingerprint density at radius 1 is 1.53 bits per heavy atom. The Labute approximate surface area is 86.2 Å². The van der Waals surface area contributed by atoms with Gasteiger partial charge in [-0.15, -0.1) is 0 Å². The third kappa shape index (κ3) is 3.17. The first-order valence-electron chi connectivity index (χ1n) is 4.53. The predicted octanol–water partition coefficient (Wildman–Crippen LogP) is 1.49. The molecule has 0 aliphatic rings. The van der Waals surface area contributed by atoms with Crippen molar-refractivity contribution in [2.45, 2.75) is 6.42 Å². The minimum absolute atomic E-state index is 0.521. The second-order valence-electron chi connectivity index (χ2n) is 2.99. The summed E-state index contributed by atoms with van der Waals surface area (Å²) >= 11 is 0. The van der Waals surface area contributed by atoms with Crippen molar-refractivity contribution in [3.05, 3.63) is 34.1 Å². The lowest BCUT2D eigenvalue weighted by molar-refractivity contribution is -0.387. The molecule has 0 aliphatic heterocycles. The number of nitro benzene ring substituents is 1. The summed E-state index contributed by atoms with van der Waals surface area (Å²) in [5.74, 6) is -0.829. The normalized spacial score (nSPS) is 10.0. The van der Waals surface area contributed by atoms with E-state index in [0.717, 1.165) is 12.5 Å². The van der Waals surface area contributed by atoms with Gasteiger partial charge in [-0.2, -0.15) is 4.39 Å². The van der Waals surface area contributed by atoms with Crippen LogP contribution in [-0.2, 0) is 0 Å². The van der Waals surface area contributed by atoms with Crippen molar-refractivity contribution >= 4 is 11.4 Å². The Morgan fingerprint density at radius 3 is 2.87 bits per heavy atom. The molecule has 0 aromatic heterocycles. The minimum Gasteiger partial charge on any atom is -0.385 e. The molecule has 3 N–H and O–H groups in total. The molecule has 6 heteroatoms. The first-order valence-corrected chi connectivity index (χ1v) is 4.53. The Kier molecular flexibility index (Phi) is 3.99. The monoisotopic (exact) mass is 213 g/mol. The lowest BCUT2D eigenvalue weighted by atomic mass is 10.2. The van der Waals surface area contributed by atoms with E-state index in [1.54, 1.807) is 0 Å². The zero-order valence-corrected chi connectivity index (χ0v) is 8.07. The maximum atomic E-state index is 12.9. The van der Waals surface area contributed by atoms with E-state index in [1.807, 2.05) is 0 Å². The van der Waals surface area contributed by atoms with Gasteiger partial charge in [-0.1, -0.05) is 0 Å². The summed E-state index contributed by atoms with van der Waals surface area (Å²) in [6, 6.07) is 3.70. The van der Waals surface area contributed by atoms with Crippen molar-refractivity contribution in [1.82, 2.24) is 0 Å². The molecule has 1 aromatic carbocycles. The van der Waals surface area contributed by atoms with Crippen molar-refractivity contribution in [2.24, 2.45) is 5.73 Å². The highest BCUT2D eigenvalue weighted by Gasteiger charge is 2.13. The molecule has 0 spiro atoms. The Balaban J connectivity index is 2.74. The van der Waals surface area contributed by atoms with Gasteiger partial charge >= 0.3 is 5.69 Å². The second kappa shape index (κ2) is 5.26. The molecule has 5 nitrogen and oxygen atoms in total. The molecule has 0 radical (unpaired) electrons. The van der Waals surface area contributed by atoms with Gasteiger partial charge in [0.05, 0.1) is 4.92 Å². The van der Waals surface area contributed by atoms with Crippen LogP contribution in [0.25, 0.3) is 0 Å². The second-order valence-corrected chi connectivity index (χ2v) is 2.99. The molecule has 0 atom stereocenters. The standard InChI is InChI=1S/C9H12FN3O2/c10-8-3-2-7(12-5-1-4-11)6-9(8)13(14)15/h2-3,6,12H,1,4-5,11H2. The number of hydrogen-bond donors (Lipinski definition) is 2. The third-order valence-corrected chi connectivity index (χ3v) is 1.85. The van der Waals surface area contributed by atoms with Crippen molar-refractivity contribution in [3.8, 4) is 0 Å². The number of rotatable bonds is 5. The first-order chi connectivity index (χ1) is 7.15. The highest BCUT2D eigenvalue weighted by molar-refractivity contribution is 5.51. The van der Waals surface area contributed by atoms with Crippen molar-refractivity contribution < 1.29 is 9.31 Å². The van der Waals surface area contributed by atoms with E-state index in [4.69, 9.17) is 5.73 Å². The van der Waals surface area contributed by atoms with Crippen LogP contribution in [0, 0.1) is 15.9 Å². The van der Waals surface area contributed by atoms with Crippen LogP contribution >= 0.6 is 0 Å². The summed E-state index contributed by atoms with van der Waals surface area (Å²) in [5.41, 5.74) is 5.29. The van der Waals surface area contributed by atoms with E-state index in [9.17, 15) is 14.5 Å². The molecule has 15 heavy (non-hydrogen) atoms. The number of nitrogens with zero attached hydrogens (tertiary/aromatic N) is 1. The smallest absolute Gasteiger partial charge is 0.306 e. The number of nitrogens with one attached hydrogen (secondary N) is 1. The van der Waals surface area contributed by atoms with Gasteiger partial charge < -0.3 is 11.1 Å². The van der Waals surface area contributed by atoms with Crippen LogP contribution in [0.3, 0.4) is 0 Å². The molecule has 0 saturated heterocycles. The van der Waals surface area contributed by atoms with E-state index in [2.05, 4.69) is 5.32 Å². The zero-order valence-electron chi connectivity index (χ0n) is 8.07. The lowest BCUT2D eigenvalue weighted by Crippen LogP contribution is -2.08. The van der Waals surface area contributed by atoms with Crippen LogP contribution in [-0.4, -0.2) is 18.0 Å². The summed E-state index contributed by atoms with van der Waals surface area (Å²) in [7, 11) is 0. The van der Waals surface area contributed by atoms with E-state index >= 15 is 0 Å². The minimum atomic E-state index is -0.829. The summed E-state index contributed by atoms with van der Waals surface area (Å²) < 4.78 is 12.9. The van der Waals surface area contributed by atoms with E-state index in [-0.39, 0.29) is 0 Å². The molecule has 0 unspecified atom stereocenters.